The second-order valence-corrected chi connectivity index (χ2v) is 12.5. The maximum absolute atomic E-state index is 15.6. The summed E-state index contributed by atoms with van der Waals surface area (Å²) in [5, 5.41) is 10.1. The Morgan fingerprint density at radius 1 is 1.06 bits per heavy atom. The Kier molecular flexibility index (Phi) is 8.09. The van der Waals surface area contributed by atoms with E-state index >= 15 is 8.78 Å². The normalized spacial score (nSPS) is 16.9. The van der Waals surface area contributed by atoms with Crippen LogP contribution in [0.1, 0.15) is 67.1 Å². The zero-order valence-electron chi connectivity index (χ0n) is 26.0. The van der Waals surface area contributed by atoms with Gasteiger partial charge in [-0.15, -0.1) is 0 Å². The SMILES string of the molecule is CC1(c2cccc(CCC(=O)O)c2)CCCCCc2cn(cn2)Cc2c(c(F)cc3[nH]ccc23)Oc2ccc(F)c(c2)-c2ncc1[nH]2. The van der Waals surface area contributed by atoms with Crippen LogP contribution in [0.5, 0.6) is 11.5 Å². The standard InChI is InChI=1S/C37H35F2N5O3/c1-37(24-7-5-6-23(16-24)9-12-34(45)46)14-4-2-3-8-25-20-44(22-42-25)21-29-27-13-15-40-32(27)18-31(39)35(29)47-26-10-11-30(38)28(17-26)36-41-19-33(37)43-36/h5-7,10-11,13,15-20,22,40H,2-4,8-9,12,14,21H2,1H3,(H,41,43)(H,45,46). The number of hydrogen-bond donors (Lipinski definition) is 3. The molecule has 1 aliphatic rings. The number of carboxylic acids is 1. The molecule has 240 valence electrons. The van der Waals surface area contributed by atoms with Crippen LogP contribution in [0, 0.1) is 11.6 Å². The zero-order valence-corrected chi connectivity index (χ0v) is 26.0. The molecule has 1 atom stereocenters. The van der Waals surface area contributed by atoms with E-state index in [1.807, 2.05) is 29.0 Å². The molecule has 8 nitrogen and oxygen atoms in total. The molecule has 47 heavy (non-hydrogen) atoms. The second-order valence-electron chi connectivity index (χ2n) is 12.5. The Morgan fingerprint density at radius 2 is 1.96 bits per heavy atom. The predicted octanol–water partition coefficient (Wildman–Crippen LogP) is 8.31. The number of carboxylic acid groups (broad SMARTS) is 1. The van der Waals surface area contributed by atoms with Crippen LogP contribution < -0.4 is 4.74 Å². The quantitative estimate of drug-likeness (QED) is 0.181. The van der Waals surface area contributed by atoms with Crippen LogP contribution >= 0.6 is 0 Å². The maximum atomic E-state index is 15.6. The summed E-state index contributed by atoms with van der Waals surface area (Å²) in [6.45, 7) is 2.48. The van der Waals surface area contributed by atoms with E-state index in [-0.39, 0.29) is 23.5 Å². The summed E-state index contributed by atoms with van der Waals surface area (Å²) in [6.07, 6.45) is 12.2. The first-order chi connectivity index (χ1) is 22.8. The van der Waals surface area contributed by atoms with Crippen molar-refractivity contribution in [1.29, 1.82) is 0 Å². The van der Waals surface area contributed by atoms with Crippen LogP contribution in [0.15, 0.2) is 79.5 Å². The van der Waals surface area contributed by atoms with Gasteiger partial charge in [0.1, 0.15) is 17.4 Å². The van der Waals surface area contributed by atoms with Gasteiger partial charge in [-0.25, -0.2) is 18.7 Å². The number of aromatic nitrogens is 5. The van der Waals surface area contributed by atoms with Gasteiger partial charge in [-0.05, 0) is 68.0 Å². The summed E-state index contributed by atoms with van der Waals surface area (Å²) < 4.78 is 39.2. The number of imidazole rings is 2. The molecule has 1 unspecified atom stereocenters. The minimum atomic E-state index is -0.839. The molecule has 0 spiro atoms. The van der Waals surface area contributed by atoms with Gasteiger partial charge in [-0.1, -0.05) is 37.1 Å². The van der Waals surface area contributed by atoms with Crippen molar-refractivity contribution < 1.29 is 23.4 Å². The first-order valence-corrected chi connectivity index (χ1v) is 15.9. The molecule has 0 fully saturated rings. The lowest BCUT2D eigenvalue weighted by Crippen LogP contribution is -2.24. The number of aryl methyl sites for hydroxylation is 2. The predicted molar refractivity (Wildman–Crippen MR) is 175 cm³/mol. The number of H-pyrrole nitrogens is 2. The number of nitrogens with zero attached hydrogens (tertiary/aromatic N) is 3. The average Bonchev–Trinajstić information content (AvgIpc) is 3.84. The highest BCUT2D eigenvalue weighted by molar-refractivity contribution is 5.85. The number of aromatic amines is 2. The molecule has 10 heteroatoms. The molecule has 6 aromatic rings. The van der Waals surface area contributed by atoms with E-state index in [0.717, 1.165) is 60.0 Å². The van der Waals surface area contributed by atoms with E-state index in [2.05, 4.69) is 39.0 Å². The molecule has 3 N–H and O–H groups in total. The van der Waals surface area contributed by atoms with Crippen LogP contribution in [-0.2, 0) is 29.6 Å². The van der Waals surface area contributed by atoms with Crippen molar-refractivity contribution in [2.45, 2.75) is 63.8 Å². The molecule has 7 rings (SSSR count). The zero-order chi connectivity index (χ0) is 32.5. The van der Waals surface area contributed by atoms with Crippen molar-refractivity contribution in [3.05, 3.63) is 119 Å². The maximum Gasteiger partial charge on any atom is 0.303 e. The fourth-order valence-electron chi connectivity index (χ4n) is 6.62. The number of fused-ring (bicyclic) bond motifs is 10. The highest BCUT2D eigenvalue weighted by Gasteiger charge is 2.31. The molecule has 0 saturated carbocycles. The van der Waals surface area contributed by atoms with Gasteiger partial charge < -0.3 is 24.4 Å². The number of carbonyl (C=O) groups is 1. The third kappa shape index (κ3) is 6.15. The smallest absolute Gasteiger partial charge is 0.303 e. The Morgan fingerprint density at radius 3 is 2.83 bits per heavy atom. The molecule has 6 bridgehead atoms. The van der Waals surface area contributed by atoms with Crippen LogP contribution in [-0.4, -0.2) is 35.6 Å². The molecule has 0 aliphatic carbocycles. The van der Waals surface area contributed by atoms with Gasteiger partial charge >= 0.3 is 5.97 Å². The lowest BCUT2D eigenvalue weighted by atomic mass is 9.75. The van der Waals surface area contributed by atoms with Crippen LogP contribution in [0.4, 0.5) is 8.78 Å². The van der Waals surface area contributed by atoms with Gasteiger partial charge in [0, 0.05) is 58.7 Å². The number of aliphatic carboxylic acids is 1. The molecule has 3 aromatic carbocycles. The highest BCUT2D eigenvalue weighted by atomic mass is 19.1. The lowest BCUT2D eigenvalue weighted by Gasteiger charge is -2.30. The Balaban J connectivity index is 1.31. The van der Waals surface area contributed by atoms with E-state index in [1.165, 1.54) is 24.3 Å². The van der Waals surface area contributed by atoms with Gasteiger partial charge in [0.2, 0.25) is 0 Å². The molecular weight excluding hydrogens is 600 g/mol. The van der Waals surface area contributed by atoms with Crippen molar-refractivity contribution in [2.24, 2.45) is 0 Å². The van der Waals surface area contributed by atoms with E-state index in [1.54, 1.807) is 18.7 Å². The minimum absolute atomic E-state index is 0.0479. The summed E-state index contributed by atoms with van der Waals surface area (Å²) >= 11 is 0. The van der Waals surface area contributed by atoms with Crippen molar-refractivity contribution in [1.82, 2.24) is 24.5 Å². The minimum Gasteiger partial charge on any atom is -0.481 e. The first-order valence-electron chi connectivity index (χ1n) is 15.9. The summed E-state index contributed by atoms with van der Waals surface area (Å²) in [4.78, 5) is 27.0. The van der Waals surface area contributed by atoms with Crippen LogP contribution in [0.25, 0.3) is 22.3 Å². The van der Waals surface area contributed by atoms with Crippen molar-refractivity contribution in [2.75, 3.05) is 0 Å². The number of rotatable bonds is 4. The first kappa shape index (κ1) is 30.4. The van der Waals surface area contributed by atoms with E-state index in [0.29, 0.717) is 29.9 Å². The summed E-state index contributed by atoms with van der Waals surface area (Å²) in [5.74, 6) is -1.19. The number of nitrogens with one attached hydrogen (secondary N) is 2. The highest BCUT2D eigenvalue weighted by Crippen LogP contribution is 2.40. The second kappa shape index (κ2) is 12.5. The Bertz CT molecular complexity index is 2080. The lowest BCUT2D eigenvalue weighted by molar-refractivity contribution is -0.136. The van der Waals surface area contributed by atoms with E-state index in [9.17, 15) is 9.90 Å². The summed E-state index contributed by atoms with van der Waals surface area (Å²) in [6, 6.07) is 15.6. The molecule has 0 radical (unpaired) electrons. The molecule has 1 aliphatic heterocycles. The average molecular weight is 636 g/mol. The number of benzene rings is 3. The van der Waals surface area contributed by atoms with Gasteiger partial charge in [-0.2, -0.15) is 0 Å². The molecule has 4 heterocycles. The molecule has 0 saturated heterocycles. The molecule has 0 amide bonds. The molecule has 3 aromatic heterocycles. The van der Waals surface area contributed by atoms with Gasteiger partial charge in [0.25, 0.3) is 0 Å². The monoisotopic (exact) mass is 635 g/mol. The van der Waals surface area contributed by atoms with Crippen LogP contribution in [0.3, 0.4) is 0 Å². The summed E-state index contributed by atoms with van der Waals surface area (Å²) in [5.41, 5.74) is 4.74. The largest absolute Gasteiger partial charge is 0.481 e. The Labute approximate surface area is 270 Å². The number of halogens is 2. The van der Waals surface area contributed by atoms with Crippen molar-refractivity contribution >= 4 is 16.9 Å². The van der Waals surface area contributed by atoms with Crippen molar-refractivity contribution in [3.8, 4) is 22.9 Å². The van der Waals surface area contributed by atoms with Crippen molar-refractivity contribution in [3.63, 3.8) is 0 Å². The topological polar surface area (TPSA) is 109 Å². The van der Waals surface area contributed by atoms with Gasteiger partial charge in [0.05, 0.1) is 24.1 Å². The van der Waals surface area contributed by atoms with E-state index in [4.69, 9.17) is 4.74 Å². The third-order valence-corrected chi connectivity index (χ3v) is 9.28. The fraction of sp³-hybridized carbons (Fsp3) is 0.270. The number of hydrogen-bond acceptors (Lipinski definition) is 4. The molecular formula is C37H35F2N5O3. The van der Waals surface area contributed by atoms with E-state index < -0.39 is 23.0 Å². The van der Waals surface area contributed by atoms with Gasteiger partial charge in [-0.3, -0.25) is 4.79 Å². The summed E-state index contributed by atoms with van der Waals surface area (Å²) in [7, 11) is 0. The third-order valence-electron chi connectivity index (χ3n) is 9.28. The van der Waals surface area contributed by atoms with Crippen LogP contribution in [0.2, 0.25) is 0 Å². The van der Waals surface area contributed by atoms with Gasteiger partial charge in [0.15, 0.2) is 11.6 Å². The number of ether oxygens (including phenoxy) is 1. The Hall–Kier alpha value is -5.25. The fourth-order valence-corrected chi connectivity index (χ4v) is 6.62.